The van der Waals surface area contributed by atoms with Gasteiger partial charge >= 0.3 is 0 Å². The molecule has 2 amide bonds. The van der Waals surface area contributed by atoms with Crippen LogP contribution in [0.3, 0.4) is 0 Å². The number of aromatic nitrogens is 5. The van der Waals surface area contributed by atoms with E-state index in [2.05, 4.69) is 30.9 Å². The third kappa shape index (κ3) is 4.17. The van der Waals surface area contributed by atoms with E-state index in [0.29, 0.717) is 40.8 Å². The van der Waals surface area contributed by atoms with Crippen LogP contribution in [0, 0.1) is 0 Å². The molecule has 2 aromatic carbocycles. The SMILES string of the molecule is O=C(CC1(C(=O)Nc2cncc3ccccc23)CCOc2ccc(Cl)cc21)N1CCCC1c1nn[nH]n1. The van der Waals surface area contributed by atoms with E-state index in [1.807, 2.05) is 24.3 Å². The maximum atomic E-state index is 14.2. The summed E-state index contributed by atoms with van der Waals surface area (Å²) in [5.74, 6) is 0.555. The molecule has 0 bridgehead atoms. The predicted octanol–water partition coefficient (Wildman–Crippen LogP) is 3.81. The lowest BCUT2D eigenvalue weighted by Crippen LogP contribution is -2.48. The Labute approximate surface area is 217 Å². The third-order valence-electron chi connectivity index (χ3n) is 7.28. The van der Waals surface area contributed by atoms with Crippen LogP contribution >= 0.6 is 11.6 Å². The summed E-state index contributed by atoms with van der Waals surface area (Å²) in [7, 11) is 0. The first-order chi connectivity index (χ1) is 18.0. The first-order valence-corrected chi connectivity index (χ1v) is 12.5. The normalized spacial score (nSPS) is 20.9. The van der Waals surface area contributed by atoms with E-state index in [-0.39, 0.29) is 30.9 Å². The largest absolute Gasteiger partial charge is 0.493 e. The first-order valence-electron chi connectivity index (χ1n) is 12.1. The average Bonchev–Trinajstić information content (AvgIpc) is 3.61. The molecule has 6 rings (SSSR count). The zero-order valence-corrected chi connectivity index (χ0v) is 20.6. The van der Waals surface area contributed by atoms with Crippen molar-refractivity contribution in [1.29, 1.82) is 0 Å². The number of carbonyl (C=O) groups is 2. The van der Waals surface area contributed by atoms with Gasteiger partial charge in [-0.2, -0.15) is 5.21 Å². The second-order valence-corrected chi connectivity index (χ2v) is 9.81. The molecule has 0 radical (unpaired) electrons. The van der Waals surface area contributed by atoms with Gasteiger partial charge in [0.05, 0.1) is 29.9 Å². The lowest BCUT2D eigenvalue weighted by molar-refractivity contribution is -0.137. The molecule has 1 saturated heterocycles. The molecule has 1 fully saturated rings. The van der Waals surface area contributed by atoms with Crippen LogP contribution < -0.4 is 10.1 Å². The zero-order valence-electron chi connectivity index (χ0n) is 19.9. The lowest BCUT2D eigenvalue weighted by Gasteiger charge is -2.38. The van der Waals surface area contributed by atoms with E-state index < -0.39 is 5.41 Å². The van der Waals surface area contributed by atoms with Crippen LogP contribution in [0.25, 0.3) is 10.8 Å². The van der Waals surface area contributed by atoms with Crippen molar-refractivity contribution < 1.29 is 14.3 Å². The Morgan fingerprint density at radius 3 is 2.97 bits per heavy atom. The van der Waals surface area contributed by atoms with E-state index in [4.69, 9.17) is 16.3 Å². The van der Waals surface area contributed by atoms with Crippen LogP contribution in [0.5, 0.6) is 5.75 Å². The number of likely N-dealkylation sites (tertiary alicyclic amines) is 1. The van der Waals surface area contributed by atoms with Crippen LogP contribution in [-0.2, 0) is 15.0 Å². The molecule has 4 heterocycles. The molecule has 2 aromatic heterocycles. The maximum Gasteiger partial charge on any atom is 0.235 e. The quantitative estimate of drug-likeness (QED) is 0.412. The minimum absolute atomic E-state index is 0.0535. The second-order valence-electron chi connectivity index (χ2n) is 9.38. The number of ether oxygens (including phenoxy) is 1. The van der Waals surface area contributed by atoms with E-state index in [1.54, 1.807) is 35.5 Å². The van der Waals surface area contributed by atoms with Crippen molar-refractivity contribution in [2.45, 2.75) is 37.1 Å². The fourth-order valence-electron chi connectivity index (χ4n) is 5.43. The third-order valence-corrected chi connectivity index (χ3v) is 7.52. The summed E-state index contributed by atoms with van der Waals surface area (Å²) in [5.41, 5.74) is -0.0203. The minimum Gasteiger partial charge on any atom is -0.493 e. The molecule has 0 aliphatic carbocycles. The Morgan fingerprint density at radius 1 is 1.22 bits per heavy atom. The molecule has 0 spiro atoms. The summed E-state index contributed by atoms with van der Waals surface area (Å²) in [6.45, 7) is 0.847. The van der Waals surface area contributed by atoms with Crippen LogP contribution in [-0.4, -0.2) is 55.5 Å². The van der Waals surface area contributed by atoms with Crippen molar-refractivity contribution in [1.82, 2.24) is 30.5 Å². The molecule has 2 N–H and O–H groups in total. The fraction of sp³-hybridized carbons (Fsp3) is 0.308. The number of fused-ring (bicyclic) bond motifs is 2. The number of tetrazole rings is 1. The van der Waals surface area contributed by atoms with Gasteiger partial charge in [0, 0.05) is 46.9 Å². The van der Waals surface area contributed by atoms with Crippen molar-refractivity contribution in [3.05, 3.63) is 71.3 Å². The number of pyridine rings is 1. The predicted molar refractivity (Wildman–Crippen MR) is 136 cm³/mol. The number of nitrogens with one attached hydrogen (secondary N) is 2. The number of hydrogen-bond donors (Lipinski definition) is 2. The van der Waals surface area contributed by atoms with Gasteiger partial charge in [-0.1, -0.05) is 41.1 Å². The topological polar surface area (TPSA) is 126 Å². The fourth-order valence-corrected chi connectivity index (χ4v) is 5.61. The summed E-state index contributed by atoms with van der Waals surface area (Å²) in [4.78, 5) is 34.1. The van der Waals surface area contributed by atoms with Crippen molar-refractivity contribution in [2.24, 2.45) is 0 Å². The highest BCUT2D eigenvalue weighted by molar-refractivity contribution is 6.30. The second kappa shape index (κ2) is 9.44. The monoisotopic (exact) mass is 517 g/mol. The van der Waals surface area contributed by atoms with Crippen LogP contribution in [0.1, 0.15) is 43.1 Å². The molecule has 10 nitrogen and oxygen atoms in total. The molecule has 2 aliphatic heterocycles. The number of rotatable bonds is 5. The highest BCUT2D eigenvalue weighted by atomic mass is 35.5. The Kier molecular flexibility index (Phi) is 5.96. The summed E-state index contributed by atoms with van der Waals surface area (Å²) in [5, 5.41) is 19.6. The number of carbonyl (C=O) groups excluding carboxylic acids is 2. The van der Waals surface area contributed by atoms with Gasteiger partial charge in [-0.25, -0.2) is 0 Å². The number of aromatic amines is 1. The molecule has 2 aliphatic rings. The summed E-state index contributed by atoms with van der Waals surface area (Å²) < 4.78 is 5.88. The van der Waals surface area contributed by atoms with Crippen LogP contribution in [0.4, 0.5) is 5.69 Å². The van der Waals surface area contributed by atoms with Crippen LogP contribution in [0.2, 0.25) is 5.02 Å². The Bertz CT molecular complexity index is 1470. The van der Waals surface area contributed by atoms with Gasteiger partial charge in [0.1, 0.15) is 5.75 Å². The summed E-state index contributed by atoms with van der Waals surface area (Å²) in [6, 6.07) is 12.6. The van der Waals surface area contributed by atoms with Gasteiger partial charge in [0.15, 0.2) is 5.82 Å². The Hall–Kier alpha value is -4.05. The number of benzene rings is 2. The van der Waals surface area contributed by atoms with E-state index >= 15 is 0 Å². The number of H-pyrrole nitrogens is 1. The molecule has 188 valence electrons. The van der Waals surface area contributed by atoms with Gasteiger partial charge in [-0.3, -0.25) is 14.6 Å². The number of anilines is 1. The zero-order chi connectivity index (χ0) is 25.4. The summed E-state index contributed by atoms with van der Waals surface area (Å²) >= 11 is 6.38. The highest BCUT2D eigenvalue weighted by Gasteiger charge is 2.48. The molecular formula is C26H24ClN7O3. The molecule has 37 heavy (non-hydrogen) atoms. The lowest BCUT2D eigenvalue weighted by atomic mass is 9.72. The number of hydrogen-bond acceptors (Lipinski definition) is 7. The van der Waals surface area contributed by atoms with Crippen molar-refractivity contribution in [3.8, 4) is 5.75 Å². The Morgan fingerprint density at radius 2 is 2.11 bits per heavy atom. The van der Waals surface area contributed by atoms with Crippen molar-refractivity contribution >= 4 is 39.9 Å². The standard InChI is InChI=1S/C26H24ClN7O3/c27-17-7-8-22-19(12-17)26(9-11-37-22,13-23(35)34-10-3-6-21(34)24-30-32-33-31-24)25(36)29-20-15-28-14-16-4-1-2-5-18(16)20/h1-2,4-5,7-8,12,14-15,21H,3,6,9-11,13H2,(H,29,36)(H,30,31,32,33). The molecule has 2 atom stereocenters. The highest BCUT2D eigenvalue weighted by Crippen LogP contribution is 2.45. The molecule has 11 heteroatoms. The minimum atomic E-state index is -1.20. The van der Waals surface area contributed by atoms with Crippen molar-refractivity contribution in [2.75, 3.05) is 18.5 Å². The summed E-state index contributed by atoms with van der Waals surface area (Å²) in [6.07, 6.45) is 5.19. The molecule has 4 aromatic rings. The van der Waals surface area contributed by atoms with Gasteiger partial charge in [-0.05, 0) is 31.0 Å². The number of nitrogens with zero attached hydrogens (tertiary/aromatic N) is 5. The average molecular weight is 518 g/mol. The van der Waals surface area contributed by atoms with Crippen LogP contribution in [0.15, 0.2) is 54.9 Å². The number of halogens is 1. The maximum absolute atomic E-state index is 14.2. The molecule has 0 saturated carbocycles. The van der Waals surface area contributed by atoms with E-state index in [1.165, 1.54) is 0 Å². The molecule has 2 unspecified atom stereocenters. The van der Waals surface area contributed by atoms with E-state index in [9.17, 15) is 9.59 Å². The van der Waals surface area contributed by atoms with Gasteiger partial charge in [0.25, 0.3) is 0 Å². The van der Waals surface area contributed by atoms with Gasteiger partial charge in [0.2, 0.25) is 11.8 Å². The van der Waals surface area contributed by atoms with Gasteiger partial charge in [-0.15, -0.1) is 10.2 Å². The van der Waals surface area contributed by atoms with Crippen molar-refractivity contribution in [3.63, 3.8) is 0 Å². The van der Waals surface area contributed by atoms with Gasteiger partial charge < -0.3 is 15.0 Å². The molecular weight excluding hydrogens is 494 g/mol. The Balaban J connectivity index is 1.39. The smallest absolute Gasteiger partial charge is 0.235 e. The van der Waals surface area contributed by atoms with E-state index in [0.717, 1.165) is 23.6 Å². The first kappa shape index (κ1) is 23.4. The number of amides is 2.